The minimum Gasteiger partial charge on any atom is -0.380 e. The van der Waals surface area contributed by atoms with Gasteiger partial charge in [-0.05, 0) is 18.6 Å². The van der Waals surface area contributed by atoms with Crippen LogP contribution < -0.4 is 0 Å². The van der Waals surface area contributed by atoms with Crippen LogP contribution in [0.5, 0.6) is 0 Å². The Labute approximate surface area is 108 Å². The highest BCUT2D eigenvalue weighted by Gasteiger charge is 2.33. The predicted octanol–water partition coefficient (Wildman–Crippen LogP) is 1.29. The molecule has 1 aromatic heterocycles. The van der Waals surface area contributed by atoms with Crippen molar-refractivity contribution in [3.8, 4) is 0 Å². The van der Waals surface area contributed by atoms with Crippen molar-refractivity contribution in [1.29, 1.82) is 0 Å². The number of hydrogen-bond donors (Lipinski definition) is 0. The molecule has 3 rings (SSSR count). The SMILES string of the molecule is c1ccc(C2CCOCC2N2CCOCC2)nc1. The summed E-state index contributed by atoms with van der Waals surface area (Å²) in [6, 6.07) is 6.65. The van der Waals surface area contributed by atoms with Crippen molar-refractivity contribution in [1.82, 2.24) is 9.88 Å². The van der Waals surface area contributed by atoms with Gasteiger partial charge in [0.25, 0.3) is 0 Å². The standard InChI is InChI=1S/C14H20N2O2/c1-2-5-15-13(3-1)12-4-8-18-11-14(12)16-6-9-17-10-7-16/h1-3,5,12,14H,4,6-11H2. The molecule has 3 heterocycles. The van der Waals surface area contributed by atoms with Crippen LogP contribution >= 0.6 is 0 Å². The van der Waals surface area contributed by atoms with E-state index in [1.165, 1.54) is 5.69 Å². The first-order chi connectivity index (χ1) is 8.95. The molecule has 0 aliphatic carbocycles. The molecule has 4 heteroatoms. The number of ether oxygens (including phenoxy) is 2. The highest BCUT2D eigenvalue weighted by Crippen LogP contribution is 2.29. The van der Waals surface area contributed by atoms with Gasteiger partial charge in [-0.1, -0.05) is 6.07 Å². The van der Waals surface area contributed by atoms with E-state index in [4.69, 9.17) is 9.47 Å². The summed E-state index contributed by atoms with van der Waals surface area (Å²) in [5.41, 5.74) is 1.21. The summed E-state index contributed by atoms with van der Waals surface area (Å²) in [5.74, 6) is 0.498. The quantitative estimate of drug-likeness (QED) is 0.790. The van der Waals surface area contributed by atoms with Crippen LogP contribution in [-0.2, 0) is 9.47 Å². The lowest BCUT2D eigenvalue weighted by molar-refractivity contribution is -0.0413. The van der Waals surface area contributed by atoms with Crippen LogP contribution in [0.25, 0.3) is 0 Å². The topological polar surface area (TPSA) is 34.6 Å². The molecule has 1 aromatic rings. The van der Waals surface area contributed by atoms with Gasteiger partial charge in [0.05, 0.1) is 19.8 Å². The molecule has 0 spiro atoms. The smallest absolute Gasteiger partial charge is 0.0628 e. The van der Waals surface area contributed by atoms with Crippen molar-refractivity contribution in [2.24, 2.45) is 0 Å². The van der Waals surface area contributed by atoms with Gasteiger partial charge in [-0.25, -0.2) is 0 Å². The fourth-order valence-corrected chi connectivity index (χ4v) is 2.93. The van der Waals surface area contributed by atoms with E-state index in [1.807, 2.05) is 12.3 Å². The zero-order valence-corrected chi connectivity index (χ0v) is 10.6. The van der Waals surface area contributed by atoms with Crippen LogP contribution in [0, 0.1) is 0 Å². The van der Waals surface area contributed by atoms with E-state index < -0.39 is 0 Å². The van der Waals surface area contributed by atoms with Gasteiger partial charge in [-0.3, -0.25) is 9.88 Å². The maximum absolute atomic E-state index is 5.68. The van der Waals surface area contributed by atoms with Crippen LogP contribution in [0.2, 0.25) is 0 Å². The Morgan fingerprint density at radius 1 is 1.11 bits per heavy atom. The van der Waals surface area contributed by atoms with E-state index in [2.05, 4.69) is 22.0 Å². The van der Waals surface area contributed by atoms with Gasteiger partial charge in [-0.2, -0.15) is 0 Å². The third kappa shape index (κ3) is 2.55. The Hall–Kier alpha value is -0.970. The highest BCUT2D eigenvalue weighted by molar-refractivity contribution is 5.13. The highest BCUT2D eigenvalue weighted by atomic mass is 16.5. The Balaban J connectivity index is 1.77. The molecular formula is C14H20N2O2. The Kier molecular flexibility index (Phi) is 3.88. The first-order valence-corrected chi connectivity index (χ1v) is 6.75. The van der Waals surface area contributed by atoms with Crippen LogP contribution in [0.3, 0.4) is 0 Å². The molecule has 2 aliphatic heterocycles. The van der Waals surface area contributed by atoms with Gasteiger partial charge in [0.1, 0.15) is 0 Å². The van der Waals surface area contributed by atoms with E-state index in [9.17, 15) is 0 Å². The molecule has 0 radical (unpaired) electrons. The average Bonchev–Trinajstić information content (AvgIpc) is 2.49. The van der Waals surface area contributed by atoms with Crippen molar-refractivity contribution in [3.63, 3.8) is 0 Å². The summed E-state index contributed by atoms with van der Waals surface area (Å²) < 4.78 is 11.1. The molecule has 98 valence electrons. The van der Waals surface area contributed by atoms with Crippen molar-refractivity contribution < 1.29 is 9.47 Å². The van der Waals surface area contributed by atoms with Crippen molar-refractivity contribution in [2.75, 3.05) is 39.5 Å². The van der Waals surface area contributed by atoms with Crippen molar-refractivity contribution in [2.45, 2.75) is 18.4 Å². The summed E-state index contributed by atoms with van der Waals surface area (Å²) in [6.07, 6.45) is 2.96. The predicted molar refractivity (Wildman–Crippen MR) is 68.6 cm³/mol. The van der Waals surface area contributed by atoms with E-state index in [0.29, 0.717) is 12.0 Å². The monoisotopic (exact) mass is 248 g/mol. The van der Waals surface area contributed by atoms with Gasteiger partial charge in [0.15, 0.2) is 0 Å². The van der Waals surface area contributed by atoms with Crippen LogP contribution in [-0.4, -0.2) is 55.4 Å². The van der Waals surface area contributed by atoms with E-state index >= 15 is 0 Å². The van der Waals surface area contributed by atoms with Gasteiger partial charge in [0.2, 0.25) is 0 Å². The maximum Gasteiger partial charge on any atom is 0.0628 e. The first-order valence-electron chi connectivity index (χ1n) is 6.75. The number of rotatable bonds is 2. The largest absolute Gasteiger partial charge is 0.380 e. The molecule has 2 aliphatic rings. The normalized spacial score (nSPS) is 30.2. The number of aromatic nitrogens is 1. The number of morpholine rings is 1. The fourth-order valence-electron chi connectivity index (χ4n) is 2.93. The Morgan fingerprint density at radius 2 is 2.00 bits per heavy atom. The van der Waals surface area contributed by atoms with Crippen molar-refractivity contribution in [3.05, 3.63) is 30.1 Å². The molecule has 0 bridgehead atoms. The van der Waals surface area contributed by atoms with Crippen LogP contribution in [0.1, 0.15) is 18.0 Å². The van der Waals surface area contributed by atoms with Crippen molar-refractivity contribution >= 4 is 0 Å². The van der Waals surface area contributed by atoms with Gasteiger partial charge >= 0.3 is 0 Å². The summed E-state index contributed by atoms with van der Waals surface area (Å²) in [6.45, 7) is 5.37. The minimum absolute atomic E-state index is 0.456. The number of hydrogen-bond acceptors (Lipinski definition) is 4. The molecule has 0 saturated carbocycles. The second kappa shape index (κ2) is 5.78. The lowest BCUT2D eigenvalue weighted by Gasteiger charge is -2.41. The minimum atomic E-state index is 0.456. The second-order valence-electron chi connectivity index (χ2n) is 4.94. The van der Waals surface area contributed by atoms with Gasteiger partial charge < -0.3 is 9.47 Å². The third-order valence-electron chi connectivity index (χ3n) is 3.91. The average molecular weight is 248 g/mol. The van der Waals surface area contributed by atoms with Crippen LogP contribution in [0.15, 0.2) is 24.4 Å². The molecular weight excluding hydrogens is 228 g/mol. The summed E-state index contributed by atoms with van der Waals surface area (Å²) in [4.78, 5) is 7.04. The third-order valence-corrected chi connectivity index (χ3v) is 3.91. The van der Waals surface area contributed by atoms with Gasteiger partial charge in [-0.15, -0.1) is 0 Å². The molecule has 2 saturated heterocycles. The summed E-state index contributed by atoms with van der Waals surface area (Å²) >= 11 is 0. The van der Waals surface area contributed by atoms with E-state index in [-0.39, 0.29) is 0 Å². The summed E-state index contributed by atoms with van der Waals surface area (Å²) in [7, 11) is 0. The molecule has 4 nitrogen and oxygen atoms in total. The summed E-state index contributed by atoms with van der Waals surface area (Å²) in [5, 5.41) is 0. The van der Waals surface area contributed by atoms with Gasteiger partial charge in [0, 0.05) is 43.5 Å². The number of nitrogens with zero attached hydrogens (tertiary/aromatic N) is 2. The molecule has 0 amide bonds. The maximum atomic E-state index is 5.68. The molecule has 0 aromatic carbocycles. The molecule has 2 unspecified atom stereocenters. The first kappa shape index (κ1) is 12.1. The molecule has 18 heavy (non-hydrogen) atoms. The Bertz CT molecular complexity index is 365. The molecule has 0 N–H and O–H groups in total. The lowest BCUT2D eigenvalue weighted by Crippen LogP contribution is -2.50. The van der Waals surface area contributed by atoms with Crippen LogP contribution in [0.4, 0.5) is 0 Å². The Morgan fingerprint density at radius 3 is 2.78 bits per heavy atom. The fraction of sp³-hybridized carbons (Fsp3) is 0.643. The zero-order chi connectivity index (χ0) is 12.2. The zero-order valence-electron chi connectivity index (χ0n) is 10.6. The lowest BCUT2D eigenvalue weighted by atomic mass is 9.89. The van der Waals surface area contributed by atoms with E-state index in [1.54, 1.807) is 0 Å². The molecule has 2 atom stereocenters. The number of pyridine rings is 1. The van der Waals surface area contributed by atoms with E-state index in [0.717, 1.165) is 45.9 Å². The molecule has 2 fully saturated rings. The second-order valence-corrected chi connectivity index (χ2v) is 4.94.